The SMILES string of the molecule is CC/C=C\C/C=C\C/C=C\C/C=C\C/C=C\C/C=C\C/C=C\C/C=C\C/C=C\CCCCCCCC(=O)OC(COC(=O)CCCC/C=C\C/C=C\C/C=C\C/C=C\CC)COC(OCC[N+](C)(C)C)C(=O)O. The van der Waals surface area contributed by atoms with Crippen LogP contribution in [0.3, 0.4) is 0 Å². The molecule has 9 nitrogen and oxygen atoms in total. The number of esters is 2. The van der Waals surface area contributed by atoms with Crippen LogP contribution in [-0.4, -0.2) is 87.4 Å². The molecule has 0 aliphatic heterocycles. The fourth-order valence-corrected chi connectivity index (χ4v) is 6.58. The van der Waals surface area contributed by atoms with Crippen molar-refractivity contribution in [2.75, 3.05) is 47.5 Å². The minimum atomic E-state index is -1.54. The number of rotatable bonds is 48. The van der Waals surface area contributed by atoms with Crippen molar-refractivity contribution in [1.29, 1.82) is 0 Å². The van der Waals surface area contributed by atoms with Crippen LogP contribution in [0.25, 0.3) is 0 Å². The number of ether oxygens (including phenoxy) is 4. The van der Waals surface area contributed by atoms with Crippen LogP contribution >= 0.6 is 0 Å². The summed E-state index contributed by atoms with van der Waals surface area (Å²) < 4.78 is 22.7. The molecule has 0 amide bonds. The molecule has 0 radical (unpaired) electrons. The Labute approximate surface area is 444 Å². The second-order valence-corrected chi connectivity index (χ2v) is 18.8. The van der Waals surface area contributed by atoms with Gasteiger partial charge in [-0.1, -0.05) is 191 Å². The van der Waals surface area contributed by atoms with E-state index in [1.807, 2.05) is 21.1 Å². The Morgan fingerprint density at radius 2 is 0.740 bits per heavy atom. The summed E-state index contributed by atoms with van der Waals surface area (Å²) in [6, 6.07) is 0. The third-order valence-corrected chi connectivity index (χ3v) is 10.8. The van der Waals surface area contributed by atoms with Gasteiger partial charge in [0, 0.05) is 12.8 Å². The summed E-state index contributed by atoms with van der Waals surface area (Å²) in [5.74, 6) is -2.11. The minimum Gasteiger partial charge on any atom is -0.477 e. The second kappa shape index (κ2) is 53.2. The smallest absolute Gasteiger partial charge is 0.361 e. The Morgan fingerprint density at radius 1 is 0.411 bits per heavy atom. The first kappa shape index (κ1) is 67.9. The summed E-state index contributed by atoms with van der Waals surface area (Å²) in [4.78, 5) is 37.3. The highest BCUT2D eigenvalue weighted by molar-refractivity contribution is 5.71. The normalized spacial score (nSPS) is 14.0. The maximum Gasteiger partial charge on any atom is 0.361 e. The zero-order valence-electron chi connectivity index (χ0n) is 46.2. The van der Waals surface area contributed by atoms with Gasteiger partial charge in [0.25, 0.3) is 6.29 Å². The number of carbonyl (C=O) groups is 3. The molecule has 1 N–H and O–H groups in total. The third kappa shape index (κ3) is 54.5. The summed E-state index contributed by atoms with van der Waals surface area (Å²) in [5, 5.41) is 9.68. The first-order valence-corrected chi connectivity index (χ1v) is 27.6. The van der Waals surface area contributed by atoms with E-state index in [-0.39, 0.29) is 32.7 Å². The number of nitrogens with zero attached hydrogens (tertiary/aromatic N) is 1. The third-order valence-electron chi connectivity index (χ3n) is 10.8. The van der Waals surface area contributed by atoms with Crippen molar-refractivity contribution in [2.24, 2.45) is 0 Å². The molecule has 0 heterocycles. The van der Waals surface area contributed by atoms with Gasteiger partial charge in [0.1, 0.15) is 13.2 Å². The van der Waals surface area contributed by atoms with Gasteiger partial charge >= 0.3 is 17.9 Å². The predicted molar refractivity (Wildman–Crippen MR) is 308 cm³/mol. The number of quaternary nitrogens is 1. The lowest BCUT2D eigenvalue weighted by molar-refractivity contribution is -0.870. The van der Waals surface area contributed by atoms with Gasteiger partial charge in [-0.05, 0) is 122 Å². The number of hydrogen-bond acceptors (Lipinski definition) is 7. The molecular formula is C64H100NO8+. The lowest BCUT2D eigenvalue weighted by atomic mass is 10.1. The number of unbranched alkanes of at least 4 members (excludes halogenated alkanes) is 7. The standard InChI is InChI=1S/C64H99NO8/c1-6-8-10-12-14-16-18-20-22-23-24-25-26-27-28-29-30-31-32-33-34-35-36-37-38-39-41-43-45-47-49-51-53-55-62(67)73-60(59-72-64(63(68)69)70-57-56-65(3,4)5)58-71-61(66)54-52-50-48-46-44-42-40-21-19-17-15-13-11-9-7-2/h8-11,14-17,20-22,24-25,27-28,30-31,33-34,36-37,39-41,44,46,60,64H,6-7,12-13,18-19,23,26,29,32,35,38,42-43,45,47-59H2,1-5H3/p+1/b10-8-,11-9-,16-14-,17-15-,22-20-,25-24-,28-27-,31-30-,34-33-,37-36-,40-21-,41-39-,46-44-. The van der Waals surface area contributed by atoms with Crippen LogP contribution < -0.4 is 0 Å². The number of carboxylic acids is 1. The molecule has 0 aliphatic carbocycles. The Morgan fingerprint density at radius 3 is 1.12 bits per heavy atom. The van der Waals surface area contributed by atoms with E-state index in [2.05, 4.69) is 172 Å². The molecule has 0 rings (SSSR count). The van der Waals surface area contributed by atoms with Gasteiger partial charge in [-0.3, -0.25) is 9.59 Å². The Bertz CT molecular complexity index is 1750. The molecule has 0 saturated heterocycles. The molecule has 2 unspecified atom stereocenters. The fraction of sp³-hybridized carbons (Fsp3) is 0.547. The molecular weight excluding hydrogens is 911 g/mol. The summed E-state index contributed by atoms with van der Waals surface area (Å²) >= 11 is 0. The van der Waals surface area contributed by atoms with Gasteiger partial charge < -0.3 is 28.5 Å². The maximum absolute atomic E-state index is 12.8. The first-order chi connectivity index (χ1) is 35.6. The van der Waals surface area contributed by atoms with Crippen LogP contribution in [0.4, 0.5) is 0 Å². The number of hydrogen-bond donors (Lipinski definition) is 1. The van der Waals surface area contributed by atoms with Crippen molar-refractivity contribution in [3.05, 3.63) is 158 Å². The van der Waals surface area contributed by atoms with E-state index < -0.39 is 30.3 Å². The summed E-state index contributed by atoms with van der Waals surface area (Å²) in [5.41, 5.74) is 0. The number of aliphatic carboxylic acids is 1. The van der Waals surface area contributed by atoms with E-state index in [4.69, 9.17) is 18.9 Å². The number of carbonyl (C=O) groups excluding carboxylic acids is 2. The number of allylic oxidation sites excluding steroid dienone is 26. The summed E-state index contributed by atoms with van der Waals surface area (Å²) in [6.45, 7) is 4.53. The minimum absolute atomic E-state index is 0.167. The summed E-state index contributed by atoms with van der Waals surface area (Å²) in [7, 11) is 5.93. The predicted octanol–water partition coefficient (Wildman–Crippen LogP) is 16.2. The van der Waals surface area contributed by atoms with Gasteiger partial charge in [-0.15, -0.1) is 0 Å². The van der Waals surface area contributed by atoms with Crippen molar-refractivity contribution < 1.29 is 42.9 Å². The molecule has 0 aromatic carbocycles. The molecule has 9 heteroatoms. The molecule has 408 valence electrons. The van der Waals surface area contributed by atoms with Crippen LogP contribution in [0.5, 0.6) is 0 Å². The number of likely N-dealkylation sites (N-methyl/N-ethyl adjacent to an activating group) is 1. The largest absolute Gasteiger partial charge is 0.477 e. The van der Waals surface area contributed by atoms with E-state index in [0.29, 0.717) is 23.9 Å². The van der Waals surface area contributed by atoms with E-state index in [9.17, 15) is 19.5 Å². The Kier molecular flexibility index (Phi) is 49.5. The van der Waals surface area contributed by atoms with Crippen molar-refractivity contribution in [2.45, 2.75) is 180 Å². The zero-order chi connectivity index (χ0) is 53.4. The summed E-state index contributed by atoms with van der Waals surface area (Å²) in [6.07, 6.45) is 76.1. The molecule has 0 aromatic heterocycles. The second-order valence-electron chi connectivity index (χ2n) is 18.8. The van der Waals surface area contributed by atoms with Gasteiger partial charge in [0.2, 0.25) is 0 Å². The van der Waals surface area contributed by atoms with Crippen molar-refractivity contribution in [3.63, 3.8) is 0 Å². The highest BCUT2D eigenvalue weighted by atomic mass is 16.7. The van der Waals surface area contributed by atoms with E-state index in [0.717, 1.165) is 128 Å². The topological polar surface area (TPSA) is 108 Å². The molecule has 0 bridgehead atoms. The van der Waals surface area contributed by atoms with Gasteiger partial charge in [-0.25, -0.2) is 4.79 Å². The van der Waals surface area contributed by atoms with Crippen LogP contribution in [0.15, 0.2) is 158 Å². The molecule has 0 spiro atoms. The van der Waals surface area contributed by atoms with Crippen LogP contribution in [0, 0.1) is 0 Å². The average Bonchev–Trinajstić information content (AvgIpc) is 3.36. The molecule has 0 aliphatic rings. The molecule has 73 heavy (non-hydrogen) atoms. The van der Waals surface area contributed by atoms with E-state index in [1.54, 1.807) is 0 Å². The van der Waals surface area contributed by atoms with E-state index in [1.165, 1.54) is 0 Å². The lowest BCUT2D eigenvalue weighted by Crippen LogP contribution is -2.40. The van der Waals surface area contributed by atoms with Crippen molar-refractivity contribution in [3.8, 4) is 0 Å². The van der Waals surface area contributed by atoms with Crippen LogP contribution in [-0.2, 0) is 33.3 Å². The average molecular weight is 1010 g/mol. The molecule has 0 aromatic rings. The fourth-order valence-electron chi connectivity index (χ4n) is 6.58. The number of carboxylic acid groups (broad SMARTS) is 1. The highest BCUT2D eigenvalue weighted by Crippen LogP contribution is 2.12. The Balaban J connectivity index is 4.37. The first-order valence-electron chi connectivity index (χ1n) is 27.6. The van der Waals surface area contributed by atoms with Gasteiger partial charge in [0.15, 0.2) is 6.10 Å². The van der Waals surface area contributed by atoms with Crippen LogP contribution in [0.1, 0.15) is 168 Å². The highest BCUT2D eigenvalue weighted by Gasteiger charge is 2.25. The van der Waals surface area contributed by atoms with Crippen molar-refractivity contribution >= 4 is 17.9 Å². The molecule has 0 saturated carbocycles. The molecule has 0 fully saturated rings. The zero-order valence-corrected chi connectivity index (χ0v) is 46.2. The van der Waals surface area contributed by atoms with Crippen LogP contribution in [0.2, 0.25) is 0 Å². The maximum atomic E-state index is 12.8. The monoisotopic (exact) mass is 1010 g/mol. The molecule has 2 atom stereocenters. The lowest BCUT2D eigenvalue weighted by Gasteiger charge is -2.25. The Hall–Kier alpha value is -5.09. The quantitative estimate of drug-likeness (QED) is 0.0211. The van der Waals surface area contributed by atoms with Gasteiger partial charge in [0.05, 0.1) is 34.4 Å². The van der Waals surface area contributed by atoms with E-state index >= 15 is 0 Å². The van der Waals surface area contributed by atoms with Crippen molar-refractivity contribution in [1.82, 2.24) is 0 Å². The van der Waals surface area contributed by atoms with Gasteiger partial charge in [-0.2, -0.15) is 0 Å².